The summed E-state index contributed by atoms with van der Waals surface area (Å²) in [5.41, 5.74) is 0.780. The van der Waals surface area contributed by atoms with E-state index >= 15 is 0 Å². The average Bonchev–Trinajstić information content (AvgIpc) is 2.26. The van der Waals surface area contributed by atoms with Crippen LogP contribution in [0, 0.1) is 0 Å². The van der Waals surface area contributed by atoms with E-state index in [1.54, 1.807) is 13.2 Å². The van der Waals surface area contributed by atoms with Crippen molar-refractivity contribution in [2.45, 2.75) is 25.0 Å². The molecule has 5 nitrogen and oxygen atoms in total. The molecule has 1 rings (SSSR count). The number of carbonyl (C=O) groups is 1. The number of methoxy groups -OCH3 is 1. The fraction of sp³-hybridized carbons (Fsp3) is 0.500. The Hall–Kier alpha value is -1.14. The van der Waals surface area contributed by atoms with E-state index in [2.05, 4.69) is 9.97 Å². The molecule has 1 heterocycles. The van der Waals surface area contributed by atoms with Gasteiger partial charge in [0.05, 0.1) is 18.1 Å². The van der Waals surface area contributed by atoms with Gasteiger partial charge in [0.25, 0.3) is 0 Å². The number of hydrogen-bond donors (Lipinski definition) is 1. The molecule has 16 heavy (non-hydrogen) atoms. The Balaban J connectivity index is 2.81. The molecule has 0 saturated heterocycles. The average molecular weight is 242 g/mol. The molecule has 0 radical (unpaired) electrons. The van der Waals surface area contributed by atoms with E-state index < -0.39 is 5.97 Å². The molecule has 0 aliphatic carbocycles. The maximum atomic E-state index is 10.4. The Kier molecular flexibility index (Phi) is 5.21. The summed E-state index contributed by atoms with van der Waals surface area (Å²) in [5.74, 6) is -0.135. The lowest BCUT2D eigenvalue weighted by atomic mass is 10.4. The Morgan fingerprint density at radius 3 is 2.88 bits per heavy atom. The number of aliphatic carboxylic acids is 1. The largest absolute Gasteiger partial charge is 0.481 e. The summed E-state index contributed by atoms with van der Waals surface area (Å²) >= 11 is 1.19. The molecule has 1 aromatic heterocycles. The first-order valence-corrected chi connectivity index (χ1v) is 5.84. The second-order valence-corrected chi connectivity index (χ2v) is 4.08. The lowest BCUT2D eigenvalue weighted by Crippen LogP contribution is -2.03. The highest BCUT2D eigenvalue weighted by Gasteiger charge is 2.06. The molecular formula is C10H14N2O3S. The highest BCUT2D eigenvalue weighted by atomic mass is 32.2. The van der Waals surface area contributed by atoms with Gasteiger partial charge >= 0.3 is 5.97 Å². The van der Waals surface area contributed by atoms with Crippen molar-refractivity contribution in [3.63, 3.8) is 0 Å². The predicted molar refractivity (Wildman–Crippen MR) is 60.5 cm³/mol. The SMILES string of the molecule is CCc1nc(COC)cc(SCC(=O)O)n1. The van der Waals surface area contributed by atoms with Gasteiger partial charge in [0.2, 0.25) is 0 Å². The normalized spacial score (nSPS) is 10.4. The predicted octanol–water partition coefficient (Wildman–Crippen LogP) is 1.36. The Bertz CT molecular complexity index is 371. The third kappa shape index (κ3) is 4.16. The second kappa shape index (κ2) is 6.44. The van der Waals surface area contributed by atoms with Crippen molar-refractivity contribution in [3.8, 4) is 0 Å². The molecule has 0 atom stereocenters. The van der Waals surface area contributed by atoms with E-state index in [1.165, 1.54) is 11.8 Å². The molecule has 0 aliphatic rings. The number of thioether (sulfide) groups is 1. The minimum atomic E-state index is -0.852. The van der Waals surface area contributed by atoms with Crippen LogP contribution in [0.15, 0.2) is 11.1 Å². The van der Waals surface area contributed by atoms with Crippen LogP contribution in [-0.2, 0) is 22.6 Å². The van der Waals surface area contributed by atoms with Crippen molar-refractivity contribution in [3.05, 3.63) is 17.6 Å². The zero-order valence-corrected chi connectivity index (χ0v) is 10.1. The van der Waals surface area contributed by atoms with Crippen LogP contribution in [0.25, 0.3) is 0 Å². The molecule has 0 spiro atoms. The van der Waals surface area contributed by atoms with E-state index in [9.17, 15) is 4.79 Å². The van der Waals surface area contributed by atoms with E-state index in [-0.39, 0.29) is 5.75 Å². The van der Waals surface area contributed by atoms with Crippen LogP contribution in [0.4, 0.5) is 0 Å². The zero-order valence-electron chi connectivity index (χ0n) is 9.27. The Labute approximate surface area is 98.3 Å². The van der Waals surface area contributed by atoms with Gasteiger partial charge in [-0.15, -0.1) is 0 Å². The maximum Gasteiger partial charge on any atom is 0.313 e. The molecule has 1 aromatic rings. The fourth-order valence-corrected chi connectivity index (χ4v) is 1.78. The van der Waals surface area contributed by atoms with Gasteiger partial charge in [0.1, 0.15) is 10.9 Å². The Morgan fingerprint density at radius 1 is 1.56 bits per heavy atom. The van der Waals surface area contributed by atoms with Crippen LogP contribution in [0.2, 0.25) is 0 Å². The quantitative estimate of drug-likeness (QED) is 0.600. The number of hydrogen-bond acceptors (Lipinski definition) is 5. The topological polar surface area (TPSA) is 72.3 Å². The monoisotopic (exact) mass is 242 g/mol. The summed E-state index contributed by atoms with van der Waals surface area (Å²) in [6, 6.07) is 1.76. The summed E-state index contributed by atoms with van der Waals surface area (Å²) in [7, 11) is 1.60. The molecule has 0 unspecified atom stereocenters. The summed E-state index contributed by atoms with van der Waals surface area (Å²) in [5, 5.41) is 9.27. The first kappa shape index (κ1) is 12.9. The summed E-state index contributed by atoms with van der Waals surface area (Å²) in [6.45, 7) is 2.37. The molecule has 0 amide bonds. The van der Waals surface area contributed by atoms with Gasteiger partial charge in [-0.2, -0.15) is 0 Å². The van der Waals surface area contributed by atoms with Gasteiger partial charge in [0, 0.05) is 13.5 Å². The number of rotatable bonds is 6. The summed E-state index contributed by atoms with van der Waals surface area (Å²) < 4.78 is 4.99. The van der Waals surface area contributed by atoms with Crippen LogP contribution in [0.3, 0.4) is 0 Å². The van der Waals surface area contributed by atoms with Crippen LogP contribution >= 0.6 is 11.8 Å². The van der Waals surface area contributed by atoms with Crippen molar-refractivity contribution in [1.82, 2.24) is 9.97 Å². The Morgan fingerprint density at radius 2 is 2.31 bits per heavy atom. The molecule has 0 fully saturated rings. The van der Waals surface area contributed by atoms with Crippen molar-refractivity contribution in [1.29, 1.82) is 0 Å². The molecular weight excluding hydrogens is 228 g/mol. The smallest absolute Gasteiger partial charge is 0.313 e. The third-order valence-electron chi connectivity index (χ3n) is 1.75. The number of nitrogens with zero attached hydrogens (tertiary/aromatic N) is 2. The van der Waals surface area contributed by atoms with E-state index in [1.807, 2.05) is 6.92 Å². The molecule has 0 aromatic carbocycles. The van der Waals surface area contributed by atoms with E-state index in [4.69, 9.17) is 9.84 Å². The highest BCUT2D eigenvalue weighted by Crippen LogP contribution is 2.16. The van der Waals surface area contributed by atoms with Crippen molar-refractivity contribution >= 4 is 17.7 Å². The summed E-state index contributed by atoms with van der Waals surface area (Å²) in [4.78, 5) is 19.0. The number of carboxylic acid groups (broad SMARTS) is 1. The summed E-state index contributed by atoms with van der Waals surface area (Å²) in [6.07, 6.45) is 0.720. The van der Waals surface area contributed by atoms with Crippen LogP contribution < -0.4 is 0 Å². The van der Waals surface area contributed by atoms with E-state index in [0.29, 0.717) is 17.5 Å². The first-order chi connectivity index (χ1) is 7.65. The maximum absolute atomic E-state index is 10.4. The standard InChI is InChI=1S/C10H14N2O3S/c1-3-8-11-7(5-15-2)4-9(12-8)16-6-10(13)14/h4H,3,5-6H2,1-2H3,(H,13,14). The minimum absolute atomic E-state index is 0.00654. The van der Waals surface area contributed by atoms with Gasteiger partial charge in [0.15, 0.2) is 0 Å². The molecule has 0 bridgehead atoms. The lowest BCUT2D eigenvalue weighted by Gasteiger charge is -2.05. The van der Waals surface area contributed by atoms with Crippen LogP contribution in [0.1, 0.15) is 18.4 Å². The molecule has 6 heteroatoms. The van der Waals surface area contributed by atoms with Gasteiger partial charge in [-0.25, -0.2) is 9.97 Å². The van der Waals surface area contributed by atoms with Crippen LogP contribution in [-0.4, -0.2) is 33.9 Å². The third-order valence-corrected chi connectivity index (χ3v) is 2.65. The lowest BCUT2D eigenvalue weighted by molar-refractivity contribution is -0.133. The van der Waals surface area contributed by atoms with Gasteiger partial charge in [-0.1, -0.05) is 18.7 Å². The minimum Gasteiger partial charge on any atom is -0.481 e. The number of ether oxygens (including phenoxy) is 1. The molecule has 0 saturated carbocycles. The fourth-order valence-electron chi connectivity index (χ4n) is 1.11. The van der Waals surface area contributed by atoms with Crippen molar-refractivity contribution < 1.29 is 14.6 Å². The van der Waals surface area contributed by atoms with Crippen LogP contribution in [0.5, 0.6) is 0 Å². The molecule has 1 N–H and O–H groups in total. The second-order valence-electron chi connectivity index (χ2n) is 3.08. The highest BCUT2D eigenvalue weighted by molar-refractivity contribution is 7.99. The van der Waals surface area contributed by atoms with E-state index in [0.717, 1.165) is 12.1 Å². The van der Waals surface area contributed by atoms with Crippen molar-refractivity contribution in [2.24, 2.45) is 0 Å². The molecule has 0 aliphatic heterocycles. The molecule has 88 valence electrons. The number of carboxylic acids is 1. The van der Waals surface area contributed by atoms with Gasteiger partial charge < -0.3 is 9.84 Å². The van der Waals surface area contributed by atoms with Gasteiger partial charge in [-0.3, -0.25) is 4.79 Å². The number of aryl methyl sites for hydroxylation is 1. The van der Waals surface area contributed by atoms with Gasteiger partial charge in [-0.05, 0) is 6.07 Å². The first-order valence-electron chi connectivity index (χ1n) is 4.86. The number of aromatic nitrogens is 2. The van der Waals surface area contributed by atoms with Crippen molar-refractivity contribution in [2.75, 3.05) is 12.9 Å². The zero-order chi connectivity index (χ0) is 12.0.